The molecule has 4 nitrogen and oxygen atoms in total. The van der Waals surface area contributed by atoms with E-state index in [-0.39, 0.29) is 19.0 Å². The standard InChI is InChI=1S/C25H30N2O2.C2H6.H2/c1-7-19(22(8-2)17(5)12-18(6)23(28)9-3)14-21-15-26-24(13-16(21)4)27-25(29)20-10-11-20;1-2;/h7-8,12-15,20H,1,6,9-11H2,2-5H3,(H,26,27,29);1-2H3;1H/b17-12-,19-14+,22-8+;;. The van der Waals surface area contributed by atoms with Crippen molar-refractivity contribution in [2.24, 2.45) is 5.92 Å². The SMILES string of the molecule is C=CC(=C\c1cnc(NC(=O)C2CC2)cc1C)/C(=C/C)C(/C)=C\C(=C)C(=O)CC.CC.[HH]. The lowest BCUT2D eigenvalue weighted by atomic mass is 9.94. The Kier molecular flexibility index (Phi) is 10.6. The molecule has 0 radical (unpaired) electrons. The van der Waals surface area contributed by atoms with E-state index in [0.29, 0.717) is 17.8 Å². The zero-order chi connectivity index (χ0) is 23.6. The molecule has 1 saturated carbocycles. The number of anilines is 1. The van der Waals surface area contributed by atoms with Crippen LogP contribution in [0.5, 0.6) is 0 Å². The molecule has 1 N–H and O–H groups in total. The van der Waals surface area contributed by atoms with Crippen molar-refractivity contribution < 1.29 is 11.0 Å². The number of carbonyl (C=O) groups is 2. The minimum Gasteiger partial charge on any atom is -0.310 e. The number of hydrogen-bond donors (Lipinski definition) is 1. The molecule has 1 aliphatic rings. The molecule has 0 spiro atoms. The van der Waals surface area contributed by atoms with Gasteiger partial charge in [0.15, 0.2) is 5.78 Å². The van der Waals surface area contributed by atoms with Crippen LogP contribution in [0.25, 0.3) is 6.08 Å². The minimum absolute atomic E-state index is 0. The number of ketones is 1. The summed E-state index contributed by atoms with van der Waals surface area (Å²) in [4.78, 5) is 28.2. The van der Waals surface area contributed by atoms with Gasteiger partial charge in [-0.3, -0.25) is 9.59 Å². The zero-order valence-corrected chi connectivity index (χ0v) is 19.8. The van der Waals surface area contributed by atoms with Crippen LogP contribution in [-0.2, 0) is 9.59 Å². The van der Waals surface area contributed by atoms with E-state index in [0.717, 1.165) is 40.7 Å². The average molecular weight is 423 g/mol. The summed E-state index contributed by atoms with van der Waals surface area (Å²) in [6, 6.07) is 1.88. The zero-order valence-electron chi connectivity index (χ0n) is 19.8. The van der Waals surface area contributed by atoms with Crippen LogP contribution < -0.4 is 5.32 Å². The predicted octanol–water partition coefficient (Wildman–Crippen LogP) is 7.01. The highest BCUT2D eigenvalue weighted by molar-refractivity contribution is 5.97. The monoisotopic (exact) mass is 422 g/mol. The molecule has 1 heterocycles. The molecule has 1 aliphatic carbocycles. The van der Waals surface area contributed by atoms with Gasteiger partial charge in [0.25, 0.3) is 0 Å². The Hall–Kier alpha value is -3.01. The van der Waals surface area contributed by atoms with Crippen LogP contribution in [-0.4, -0.2) is 16.7 Å². The molecule has 1 fully saturated rings. The Morgan fingerprint density at radius 3 is 2.45 bits per heavy atom. The van der Waals surface area contributed by atoms with Gasteiger partial charge in [0, 0.05) is 25.5 Å². The number of pyridine rings is 1. The molecule has 0 aliphatic heterocycles. The van der Waals surface area contributed by atoms with Gasteiger partial charge < -0.3 is 5.32 Å². The lowest BCUT2D eigenvalue weighted by Gasteiger charge is -2.12. The van der Waals surface area contributed by atoms with Gasteiger partial charge in [-0.05, 0) is 79.7 Å². The number of nitrogens with one attached hydrogen (secondary N) is 1. The molecule has 0 bridgehead atoms. The van der Waals surface area contributed by atoms with Crippen LogP contribution in [0.2, 0.25) is 0 Å². The van der Waals surface area contributed by atoms with Crippen molar-refractivity contribution in [3.63, 3.8) is 0 Å². The van der Waals surface area contributed by atoms with Crippen LogP contribution in [0.1, 0.15) is 66.4 Å². The summed E-state index contributed by atoms with van der Waals surface area (Å²) in [6.45, 7) is 19.6. The van der Waals surface area contributed by atoms with Gasteiger partial charge in [0.2, 0.25) is 5.91 Å². The van der Waals surface area contributed by atoms with Crippen molar-refractivity contribution in [3.8, 4) is 0 Å². The fourth-order valence-electron chi connectivity index (χ4n) is 3.04. The number of nitrogens with zero attached hydrogens (tertiary/aromatic N) is 1. The van der Waals surface area contributed by atoms with Crippen molar-refractivity contribution in [1.29, 1.82) is 0 Å². The van der Waals surface area contributed by atoms with E-state index >= 15 is 0 Å². The van der Waals surface area contributed by atoms with Crippen LogP contribution in [0.3, 0.4) is 0 Å². The molecule has 1 amide bonds. The largest absolute Gasteiger partial charge is 0.310 e. The Balaban J connectivity index is 0.00000311. The van der Waals surface area contributed by atoms with E-state index in [4.69, 9.17) is 0 Å². The summed E-state index contributed by atoms with van der Waals surface area (Å²) in [5.74, 6) is 0.803. The Bertz CT molecular complexity index is 935. The molecule has 4 heteroatoms. The highest BCUT2D eigenvalue weighted by Crippen LogP contribution is 2.30. The second-order valence-corrected chi connectivity index (χ2v) is 7.33. The number of aryl methyl sites for hydroxylation is 1. The second kappa shape index (κ2) is 12.6. The van der Waals surface area contributed by atoms with Gasteiger partial charge in [0.1, 0.15) is 5.82 Å². The van der Waals surface area contributed by atoms with Crippen molar-refractivity contribution in [2.45, 2.75) is 60.8 Å². The maximum Gasteiger partial charge on any atom is 0.228 e. The van der Waals surface area contributed by atoms with E-state index < -0.39 is 0 Å². The lowest BCUT2D eigenvalue weighted by molar-refractivity contribution is -0.117. The van der Waals surface area contributed by atoms with Crippen LogP contribution in [0.15, 0.2) is 65.9 Å². The molecule has 2 rings (SSSR count). The van der Waals surface area contributed by atoms with Gasteiger partial charge in [-0.15, -0.1) is 0 Å². The van der Waals surface area contributed by atoms with E-state index in [9.17, 15) is 9.59 Å². The third-order valence-corrected chi connectivity index (χ3v) is 4.98. The maximum atomic E-state index is 11.9. The molecule has 0 unspecified atom stereocenters. The quantitative estimate of drug-likeness (QED) is 0.344. The molecule has 31 heavy (non-hydrogen) atoms. The smallest absolute Gasteiger partial charge is 0.228 e. The van der Waals surface area contributed by atoms with Gasteiger partial charge >= 0.3 is 0 Å². The Labute approximate surface area is 189 Å². The Morgan fingerprint density at radius 1 is 1.32 bits per heavy atom. The van der Waals surface area contributed by atoms with Crippen molar-refractivity contribution in [2.75, 3.05) is 5.32 Å². The average Bonchev–Trinajstić information content (AvgIpc) is 3.61. The predicted molar refractivity (Wildman–Crippen MR) is 134 cm³/mol. The van der Waals surface area contributed by atoms with Crippen LogP contribution >= 0.6 is 0 Å². The minimum atomic E-state index is 0. The molecule has 0 saturated heterocycles. The summed E-state index contributed by atoms with van der Waals surface area (Å²) < 4.78 is 0. The summed E-state index contributed by atoms with van der Waals surface area (Å²) in [5.41, 5.74) is 5.31. The van der Waals surface area contributed by atoms with Gasteiger partial charge in [-0.2, -0.15) is 0 Å². The number of aromatic nitrogens is 1. The van der Waals surface area contributed by atoms with Gasteiger partial charge in [-0.1, -0.05) is 46.1 Å². The summed E-state index contributed by atoms with van der Waals surface area (Å²) >= 11 is 0. The van der Waals surface area contributed by atoms with Crippen molar-refractivity contribution in [1.82, 2.24) is 4.98 Å². The first-order valence-corrected chi connectivity index (χ1v) is 11.0. The number of hydrogen-bond acceptors (Lipinski definition) is 3. The number of allylic oxidation sites excluding steroid dienone is 7. The van der Waals surface area contributed by atoms with E-state index in [1.807, 2.05) is 65.8 Å². The second-order valence-electron chi connectivity index (χ2n) is 7.33. The van der Waals surface area contributed by atoms with Crippen molar-refractivity contribution in [3.05, 3.63) is 77.1 Å². The van der Waals surface area contributed by atoms with Crippen molar-refractivity contribution >= 4 is 23.6 Å². The molecule has 0 aromatic carbocycles. The molecule has 0 atom stereocenters. The summed E-state index contributed by atoms with van der Waals surface area (Å²) in [5, 5.41) is 2.88. The Morgan fingerprint density at radius 2 is 1.97 bits per heavy atom. The van der Waals surface area contributed by atoms with Gasteiger partial charge in [0.05, 0.1) is 0 Å². The fourth-order valence-corrected chi connectivity index (χ4v) is 3.04. The number of carbonyl (C=O) groups excluding carboxylic acids is 2. The number of Topliss-reactive ketones (excluding diaryl/α,β-unsaturated/α-hetero) is 1. The highest BCUT2D eigenvalue weighted by atomic mass is 16.2. The maximum absolute atomic E-state index is 11.9. The third-order valence-electron chi connectivity index (χ3n) is 4.98. The first-order valence-electron chi connectivity index (χ1n) is 11.0. The number of rotatable bonds is 9. The van der Waals surface area contributed by atoms with E-state index in [2.05, 4.69) is 23.5 Å². The first kappa shape index (κ1) is 26.0. The fraction of sp³-hybridized carbons (Fsp3) is 0.370. The normalized spacial score (nSPS) is 14.3. The topological polar surface area (TPSA) is 59.1 Å². The molecule has 1 aromatic rings. The van der Waals surface area contributed by atoms with Crippen LogP contribution in [0.4, 0.5) is 5.82 Å². The molecule has 1 aromatic heterocycles. The van der Waals surface area contributed by atoms with E-state index in [1.54, 1.807) is 12.3 Å². The third kappa shape index (κ3) is 7.63. The molecule has 168 valence electrons. The molecular formula is C27H38N2O2. The lowest BCUT2D eigenvalue weighted by Crippen LogP contribution is -2.14. The van der Waals surface area contributed by atoms with E-state index in [1.165, 1.54) is 0 Å². The first-order chi connectivity index (χ1) is 14.8. The van der Waals surface area contributed by atoms with Crippen LogP contribution in [0, 0.1) is 12.8 Å². The summed E-state index contributed by atoms with van der Waals surface area (Å²) in [7, 11) is 0. The molecular weight excluding hydrogens is 384 g/mol. The number of amides is 1. The highest BCUT2D eigenvalue weighted by Gasteiger charge is 2.29. The van der Waals surface area contributed by atoms with Gasteiger partial charge in [-0.25, -0.2) is 4.98 Å². The summed E-state index contributed by atoms with van der Waals surface area (Å²) in [6.07, 6.45) is 11.7.